The van der Waals surface area contributed by atoms with Crippen LogP contribution in [0.1, 0.15) is 102 Å². The minimum atomic E-state index is -0.603. The number of alkyl carbamates (subject to hydrolysis) is 1. The molecule has 256 valence electrons. The van der Waals surface area contributed by atoms with Crippen LogP contribution in [0.5, 0.6) is 5.75 Å². The first-order chi connectivity index (χ1) is 22.7. The quantitative estimate of drug-likeness (QED) is 0.290. The van der Waals surface area contributed by atoms with Crippen LogP contribution in [0.15, 0.2) is 54.9 Å². The zero-order valence-corrected chi connectivity index (χ0v) is 29.3. The molecule has 2 amide bonds. The zero-order valence-electron chi connectivity index (χ0n) is 29.3. The summed E-state index contributed by atoms with van der Waals surface area (Å²) < 4.78 is 17.9. The molecule has 2 atom stereocenters. The van der Waals surface area contributed by atoms with Gasteiger partial charge in [0.1, 0.15) is 35.2 Å². The van der Waals surface area contributed by atoms with E-state index >= 15 is 0 Å². The minimum absolute atomic E-state index is 0.218. The van der Waals surface area contributed by atoms with Gasteiger partial charge in [0.25, 0.3) is 0 Å². The van der Waals surface area contributed by atoms with E-state index in [2.05, 4.69) is 34.3 Å². The van der Waals surface area contributed by atoms with E-state index in [1.165, 1.54) is 11.1 Å². The molecule has 1 aliphatic carbocycles. The van der Waals surface area contributed by atoms with Crippen molar-refractivity contribution in [2.75, 3.05) is 31.1 Å². The van der Waals surface area contributed by atoms with Crippen LogP contribution in [0.2, 0.25) is 0 Å². The Hall–Kier alpha value is -4.34. The smallest absolute Gasteiger partial charge is 0.410 e. The Balaban J connectivity index is 1.32. The number of fused-ring (bicyclic) bond motifs is 3. The second-order valence-electron chi connectivity index (χ2n) is 15.4. The number of aryl methyl sites for hydroxylation is 1. The van der Waals surface area contributed by atoms with E-state index in [9.17, 15) is 9.59 Å². The summed E-state index contributed by atoms with van der Waals surface area (Å²) in [7, 11) is 0. The van der Waals surface area contributed by atoms with Gasteiger partial charge in [-0.1, -0.05) is 37.3 Å². The number of nitrogens with one attached hydrogen (secondary N) is 1. The van der Waals surface area contributed by atoms with E-state index in [0.29, 0.717) is 24.8 Å². The summed E-state index contributed by atoms with van der Waals surface area (Å²) in [6.07, 6.45) is 4.10. The lowest BCUT2D eigenvalue weighted by molar-refractivity contribution is 0.0170. The number of rotatable bonds is 6. The first-order valence-electron chi connectivity index (χ1n) is 17.1. The predicted octanol–water partition coefficient (Wildman–Crippen LogP) is 7.59. The maximum atomic E-state index is 13.0. The third-order valence-electron chi connectivity index (χ3n) is 9.45. The first-order valence-corrected chi connectivity index (χ1v) is 17.1. The summed E-state index contributed by atoms with van der Waals surface area (Å²) in [6.45, 7) is 15.7. The van der Waals surface area contributed by atoms with Crippen molar-refractivity contribution >= 4 is 23.7 Å². The van der Waals surface area contributed by atoms with E-state index in [1.807, 2.05) is 82.8 Å². The number of ether oxygens (including phenoxy) is 3. The molecular formula is C38H49N5O5. The van der Waals surface area contributed by atoms with Crippen molar-refractivity contribution in [3.63, 3.8) is 0 Å². The standard InChI is InChI=1S/C38H49N5O5/c1-25-13-15-29-32(25)33(41-24-40-29)43-23-38(17-19-42(20-18-38)35(45)48-37(5,6)7)28-21-27(14-16-30(28)43)46-31(26-11-9-8-10-12-26)22-39-34(44)47-36(2,3)4/h8-12,14,16,21,24-25,31H,13,15,17-20,22-23H2,1-7H3,(H,39,44)/t25-,31?/m1/s1. The Labute approximate surface area is 284 Å². The number of benzene rings is 2. The number of nitrogens with zero attached hydrogens (tertiary/aromatic N) is 4. The highest BCUT2D eigenvalue weighted by atomic mass is 16.6. The van der Waals surface area contributed by atoms with Crippen molar-refractivity contribution in [3.8, 4) is 5.75 Å². The van der Waals surface area contributed by atoms with Gasteiger partial charge in [0.05, 0.1) is 6.54 Å². The second-order valence-corrected chi connectivity index (χ2v) is 15.4. The van der Waals surface area contributed by atoms with Crippen molar-refractivity contribution in [2.24, 2.45) is 0 Å². The van der Waals surface area contributed by atoms with Gasteiger partial charge in [-0.25, -0.2) is 19.6 Å². The molecule has 3 aliphatic rings. The monoisotopic (exact) mass is 655 g/mol. The average Bonchev–Trinajstić information content (AvgIpc) is 3.56. The molecule has 48 heavy (non-hydrogen) atoms. The summed E-state index contributed by atoms with van der Waals surface area (Å²) >= 11 is 0. The van der Waals surface area contributed by atoms with E-state index in [4.69, 9.17) is 19.2 Å². The molecule has 3 heterocycles. The van der Waals surface area contributed by atoms with Crippen LogP contribution in [0.25, 0.3) is 0 Å². The van der Waals surface area contributed by atoms with Crippen molar-refractivity contribution in [2.45, 2.75) is 103 Å². The summed E-state index contributed by atoms with van der Waals surface area (Å²) in [5.74, 6) is 2.08. The van der Waals surface area contributed by atoms with Crippen LogP contribution in [-0.4, -0.2) is 64.4 Å². The van der Waals surface area contributed by atoms with Gasteiger partial charge in [-0.15, -0.1) is 0 Å². The second kappa shape index (κ2) is 12.9. The molecule has 0 radical (unpaired) electrons. The summed E-state index contributed by atoms with van der Waals surface area (Å²) in [5, 5.41) is 2.90. The van der Waals surface area contributed by atoms with Crippen molar-refractivity contribution < 1.29 is 23.8 Å². The number of hydrogen-bond donors (Lipinski definition) is 1. The normalized spacial score (nSPS) is 19.0. The fraction of sp³-hybridized carbons (Fsp3) is 0.526. The molecule has 2 aromatic carbocycles. The molecule has 0 saturated carbocycles. The molecule has 10 nitrogen and oxygen atoms in total. The highest BCUT2D eigenvalue weighted by molar-refractivity contribution is 5.75. The lowest BCUT2D eigenvalue weighted by Gasteiger charge is -2.40. The topological polar surface area (TPSA) is 106 Å². The van der Waals surface area contributed by atoms with E-state index in [1.54, 1.807) is 6.33 Å². The number of anilines is 2. The lowest BCUT2D eigenvalue weighted by Crippen LogP contribution is -2.48. The van der Waals surface area contributed by atoms with Gasteiger partial charge >= 0.3 is 12.2 Å². The number of hydrogen-bond acceptors (Lipinski definition) is 8. The molecule has 0 bridgehead atoms. The Morgan fingerprint density at radius 3 is 2.38 bits per heavy atom. The fourth-order valence-electron chi connectivity index (χ4n) is 7.17. The summed E-state index contributed by atoms with van der Waals surface area (Å²) in [6, 6.07) is 16.2. The Morgan fingerprint density at radius 2 is 1.69 bits per heavy atom. The number of carbonyl (C=O) groups excluding carboxylic acids is 2. The molecule has 3 aromatic rings. The molecule has 1 spiro atoms. The number of piperidine rings is 1. The van der Waals surface area contributed by atoms with Crippen molar-refractivity contribution in [1.29, 1.82) is 0 Å². The van der Waals surface area contributed by atoms with Gasteiger partial charge in [0.15, 0.2) is 0 Å². The van der Waals surface area contributed by atoms with E-state index in [-0.39, 0.29) is 18.1 Å². The number of amides is 2. The Morgan fingerprint density at radius 1 is 0.979 bits per heavy atom. The van der Waals surface area contributed by atoms with Crippen LogP contribution >= 0.6 is 0 Å². The Bertz CT molecular complexity index is 1640. The summed E-state index contributed by atoms with van der Waals surface area (Å²) in [4.78, 5) is 39.3. The van der Waals surface area contributed by atoms with Crippen LogP contribution in [-0.2, 0) is 21.3 Å². The van der Waals surface area contributed by atoms with E-state index < -0.39 is 23.4 Å². The van der Waals surface area contributed by atoms with Gasteiger partial charge in [-0.2, -0.15) is 0 Å². The third-order valence-corrected chi connectivity index (χ3v) is 9.45. The summed E-state index contributed by atoms with van der Waals surface area (Å²) in [5.41, 5.74) is 4.25. The first kappa shape index (κ1) is 33.6. The molecule has 6 rings (SSSR count). The average molecular weight is 656 g/mol. The van der Waals surface area contributed by atoms with Crippen LogP contribution in [0, 0.1) is 0 Å². The van der Waals surface area contributed by atoms with Crippen LogP contribution in [0.3, 0.4) is 0 Å². The highest BCUT2D eigenvalue weighted by Gasteiger charge is 2.47. The SMILES string of the molecule is C[C@@H]1CCc2ncnc(N3CC4(CCN(C(=O)OC(C)(C)C)CC4)c4cc(OC(CNC(=O)OC(C)(C)C)c5ccccc5)ccc43)c21. The minimum Gasteiger partial charge on any atom is -0.484 e. The van der Waals surface area contributed by atoms with Crippen LogP contribution in [0.4, 0.5) is 21.1 Å². The van der Waals surface area contributed by atoms with E-state index in [0.717, 1.165) is 55.0 Å². The Kier molecular flexibility index (Phi) is 9.04. The van der Waals surface area contributed by atoms with Gasteiger partial charge in [0, 0.05) is 42.0 Å². The largest absolute Gasteiger partial charge is 0.484 e. The van der Waals surface area contributed by atoms with Gasteiger partial charge < -0.3 is 29.3 Å². The van der Waals surface area contributed by atoms with Gasteiger partial charge in [-0.05, 0) is 102 Å². The molecule has 1 unspecified atom stereocenters. The number of aromatic nitrogens is 2. The van der Waals surface area contributed by atoms with Crippen molar-refractivity contribution in [3.05, 3.63) is 77.2 Å². The molecular weight excluding hydrogens is 606 g/mol. The lowest BCUT2D eigenvalue weighted by atomic mass is 9.74. The molecule has 1 N–H and O–H groups in total. The number of carbonyl (C=O) groups is 2. The van der Waals surface area contributed by atoms with Gasteiger partial charge in [-0.3, -0.25) is 0 Å². The maximum absolute atomic E-state index is 13.0. The van der Waals surface area contributed by atoms with Crippen LogP contribution < -0.4 is 15.0 Å². The number of likely N-dealkylation sites (tertiary alicyclic amines) is 1. The fourth-order valence-corrected chi connectivity index (χ4v) is 7.17. The van der Waals surface area contributed by atoms with Crippen molar-refractivity contribution in [1.82, 2.24) is 20.2 Å². The molecule has 2 aliphatic heterocycles. The molecule has 1 saturated heterocycles. The molecule has 10 heteroatoms. The molecule has 1 fully saturated rings. The third kappa shape index (κ3) is 7.22. The zero-order chi connectivity index (χ0) is 34.3. The predicted molar refractivity (Wildman–Crippen MR) is 185 cm³/mol. The van der Waals surface area contributed by atoms with Gasteiger partial charge in [0.2, 0.25) is 0 Å². The maximum Gasteiger partial charge on any atom is 0.410 e. The molecule has 1 aromatic heterocycles. The highest BCUT2D eigenvalue weighted by Crippen LogP contribution is 2.52.